The molecule has 3 aromatic rings. The second-order valence-corrected chi connectivity index (χ2v) is 7.12. The summed E-state index contributed by atoms with van der Waals surface area (Å²) in [7, 11) is 0. The Labute approximate surface area is 164 Å². The zero-order chi connectivity index (χ0) is 19.5. The third-order valence-electron chi connectivity index (χ3n) is 5.08. The minimum absolute atomic E-state index is 0.156. The molecule has 4 rings (SSSR count). The fraction of sp³-hybridized carbons (Fsp3) is 0.217. The first-order valence-corrected chi connectivity index (χ1v) is 9.46. The third kappa shape index (κ3) is 3.74. The van der Waals surface area contributed by atoms with Crippen molar-refractivity contribution in [2.24, 2.45) is 0 Å². The van der Waals surface area contributed by atoms with Gasteiger partial charge in [0, 0.05) is 24.5 Å². The monoisotopic (exact) mass is 375 g/mol. The second-order valence-electron chi connectivity index (χ2n) is 7.12. The van der Waals surface area contributed by atoms with Gasteiger partial charge in [-0.3, -0.25) is 9.78 Å². The van der Waals surface area contributed by atoms with E-state index < -0.39 is 0 Å². The lowest BCUT2D eigenvalue weighted by Gasteiger charge is -2.25. The Bertz CT molecular complexity index is 987. The molecule has 0 bridgehead atoms. The average Bonchev–Trinajstić information content (AvgIpc) is 3.05. The molecule has 0 radical (unpaired) electrons. The fourth-order valence-electron chi connectivity index (χ4n) is 3.72. The number of halogens is 1. The van der Waals surface area contributed by atoms with Gasteiger partial charge >= 0.3 is 0 Å². The molecule has 142 valence electrons. The van der Waals surface area contributed by atoms with Crippen LogP contribution in [0.3, 0.4) is 0 Å². The summed E-state index contributed by atoms with van der Waals surface area (Å²) < 4.78 is 13.0. The molecule has 1 aromatic heterocycles. The molecule has 5 heteroatoms. The van der Waals surface area contributed by atoms with Crippen molar-refractivity contribution in [2.45, 2.75) is 25.8 Å². The molecule has 0 saturated heterocycles. The van der Waals surface area contributed by atoms with Gasteiger partial charge in [-0.25, -0.2) is 4.39 Å². The second kappa shape index (κ2) is 7.80. The van der Waals surface area contributed by atoms with Crippen LogP contribution in [0.4, 0.5) is 15.8 Å². The van der Waals surface area contributed by atoms with Gasteiger partial charge in [-0.05, 0) is 55.2 Å². The number of hydrogen-bond acceptors (Lipinski definition) is 3. The molecule has 28 heavy (non-hydrogen) atoms. The van der Waals surface area contributed by atoms with Crippen molar-refractivity contribution in [2.75, 3.05) is 11.4 Å². The maximum atomic E-state index is 13.0. The topological polar surface area (TPSA) is 45.2 Å². The van der Waals surface area contributed by atoms with Crippen LogP contribution in [0.5, 0.6) is 0 Å². The quantitative estimate of drug-likeness (QED) is 0.724. The first-order chi connectivity index (χ1) is 13.6. The van der Waals surface area contributed by atoms with E-state index in [0.717, 1.165) is 17.7 Å². The predicted molar refractivity (Wildman–Crippen MR) is 108 cm³/mol. The Kier molecular flexibility index (Phi) is 5.06. The molecule has 1 amide bonds. The van der Waals surface area contributed by atoms with Gasteiger partial charge in [-0.15, -0.1) is 0 Å². The van der Waals surface area contributed by atoms with Gasteiger partial charge < -0.3 is 10.2 Å². The molecule has 4 nitrogen and oxygen atoms in total. The van der Waals surface area contributed by atoms with Gasteiger partial charge in [0.1, 0.15) is 5.82 Å². The van der Waals surface area contributed by atoms with Crippen molar-refractivity contribution in [1.29, 1.82) is 0 Å². The molecule has 1 unspecified atom stereocenters. The van der Waals surface area contributed by atoms with E-state index in [1.54, 1.807) is 24.5 Å². The summed E-state index contributed by atoms with van der Waals surface area (Å²) in [6.07, 6.45) is 5.01. The van der Waals surface area contributed by atoms with Crippen molar-refractivity contribution in [3.05, 3.63) is 89.5 Å². The molecular weight excluding hydrogens is 353 g/mol. The molecule has 1 atom stereocenters. The third-order valence-corrected chi connectivity index (χ3v) is 5.08. The van der Waals surface area contributed by atoms with Gasteiger partial charge in [0.2, 0.25) is 0 Å². The zero-order valence-electron chi connectivity index (χ0n) is 15.7. The number of para-hydroxylation sites is 1. The first-order valence-electron chi connectivity index (χ1n) is 9.46. The maximum Gasteiger partial charge on any atom is 0.252 e. The Morgan fingerprint density at radius 2 is 1.96 bits per heavy atom. The summed E-state index contributed by atoms with van der Waals surface area (Å²) in [5, 5.41) is 2.92. The number of rotatable bonds is 5. The number of anilines is 2. The van der Waals surface area contributed by atoms with E-state index in [1.807, 2.05) is 12.1 Å². The summed E-state index contributed by atoms with van der Waals surface area (Å²) in [5.41, 5.74) is 4.92. The highest BCUT2D eigenvalue weighted by Gasteiger charge is 2.27. The number of hydrogen-bond donors (Lipinski definition) is 1. The molecule has 1 aliphatic heterocycles. The molecule has 0 saturated carbocycles. The number of nitrogens with zero attached hydrogens (tertiary/aromatic N) is 2. The molecular formula is C23H22FN3O. The number of carbonyl (C=O) groups excluding carboxylic acids is 1. The van der Waals surface area contributed by atoms with Crippen LogP contribution in [-0.4, -0.2) is 23.5 Å². The highest BCUT2D eigenvalue weighted by atomic mass is 19.1. The summed E-state index contributed by atoms with van der Waals surface area (Å²) >= 11 is 0. The molecule has 2 aromatic carbocycles. The van der Waals surface area contributed by atoms with Gasteiger partial charge in [-0.2, -0.15) is 0 Å². The van der Waals surface area contributed by atoms with Crippen molar-refractivity contribution in [1.82, 2.24) is 10.3 Å². The smallest absolute Gasteiger partial charge is 0.252 e. The number of pyridine rings is 1. The maximum absolute atomic E-state index is 13.0. The van der Waals surface area contributed by atoms with Gasteiger partial charge in [0.05, 0.1) is 17.4 Å². The van der Waals surface area contributed by atoms with Crippen LogP contribution in [0.25, 0.3) is 0 Å². The van der Waals surface area contributed by atoms with Crippen LogP contribution in [0.2, 0.25) is 0 Å². The summed E-state index contributed by atoms with van der Waals surface area (Å²) in [6.45, 7) is 2.66. The van der Waals surface area contributed by atoms with E-state index in [1.165, 1.54) is 23.4 Å². The predicted octanol–water partition coefficient (Wildman–Crippen LogP) is 4.28. The number of aromatic nitrogens is 1. The number of fused-ring (bicyclic) bond motifs is 1. The molecule has 0 spiro atoms. The molecule has 2 heterocycles. The van der Waals surface area contributed by atoms with E-state index in [-0.39, 0.29) is 11.7 Å². The summed E-state index contributed by atoms with van der Waals surface area (Å²) in [5.74, 6) is -0.412. The van der Waals surface area contributed by atoms with E-state index in [0.29, 0.717) is 24.6 Å². The molecule has 1 N–H and O–H groups in total. The zero-order valence-corrected chi connectivity index (χ0v) is 15.7. The largest absolute Gasteiger partial charge is 0.352 e. The summed E-state index contributed by atoms with van der Waals surface area (Å²) in [6, 6.07) is 16.9. The highest BCUT2D eigenvalue weighted by molar-refractivity contribution is 5.95. The Morgan fingerprint density at radius 1 is 1.18 bits per heavy atom. The lowest BCUT2D eigenvalue weighted by molar-refractivity contribution is 0.0954. The van der Waals surface area contributed by atoms with Crippen molar-refractivity contribution in [3.8, 4) is 0 Å². The minimum Gasteiger partial charge on any atom is -0.352 e. The number of benzene rings is 2. The van der Waals surface area contributed by atoms with Crippen LogP contribution in [-0.2, 0) is 12.8 Å². The van der Waals surface area contributed by atoms with Gasteiger partial charge in [0.15, 0.2) is 0 Å². The van der Waals surface area contributed by atoms with E-state index in [9.17, 15) is 9.18 Å². The van der Waals surface area contributed by atoms with Gasteiger partial charge in [-0.1, -0.05) is 30.3 Å². The summed E-state index contributed by atoms with van der Waals surface area (Å²) in [4.78, 5) is 19.1. The lowest BCUT2D eigenvalue weighted by Crippen LogP contribution is -2.27. The van der Waals surface area contributed by atoms with E-state index >= 15 is 0 Å². The Balaban J connectivity index is 1.45. The van der Waals surface area contributed by atoms with Crippen LogP contribution in [0.15, 0.2) is 67.0 Å². The van der Waals surface area contributed by atoms with Crippen molar-refractivity contribution < 1.29 is 9.18 Å². The number of carbonyl (C=O) groups is 1. The highest BCUT2D eigenvalue weighted by Crippen LogP contribution is 2.37. The standard InChI is InChI=1S/C23H22FN3O/c1-16-12-18-4-2-3-5-22(18)27(16)21-13-19(14-25-15-21)23(28)26-11-10-17-6-8-20(24)9-7-17/h2-9,13-16H,10-12H2,1H3,(H,26,28). The van der Waals surface area contributed by atoms with Crippen LogP contribution in [0, 0.1) is 5.82 Å². The Morgan fingerprint density at radius 3 is 2.79 bits per heavy atom. The lowest BCUT2D eigenvalue weighted by atomic mass is 10.1. The number of nitrogens with one attached hydrogen (secondary N) is 1. The van der Waals surface area contributed by atoms with Crippen LogP contribution in [0.1, 0.15) is 28.4 Å². The van der Waals surface area contributed by atoms with E-state index in [2.05, 4.69) is 40.3 Å². The Hall–Kier alpha value is -3.21. The van der Waals surface area contributed by atoms with Crippen molar-refractivity contribution >= 4 is 17.3 Å². The SMILES string of the molecule is CC1Cc2ccccc2N1c1cncc(C(=O)NCCc2ccc(F)cc2)c1. The van der Waals surface area contributed by atoms with Crippen molar-refractivity contribution in [3.63, 3.8) is 0 Å². The minimum atomic E-state index is -0.256. The van der Waals surface area contributed by atoms with Crippen LogP contribution < -0.4 is 10.2 Å². The first kappa shape index (κ1) is 18.2. The molecule has 0 fully saturated rings. The normalized spacial score (nSPS) is 15.4. The van der Waals surface area contributed by atoms with E-state index in [4.69, 9.17) is 0 Å². The molecule has 0 aliphatic carbocycles. The molecule has 1 aliphatic rings. The van der Waals surface area contributed by atoms with Crippen LogP contribution >= 0.6 is 0 Å². The van der Waals surface area contributed by atoms with Gasteiger partial charge in [0.25, 0.3) is 5.91 Å². The average molecular weight is 375 g/mol. The fourth-order valence-corrected chi connectivity index (χ4v) is 3.72. The number of amides is 1.